The summed E-state index contributed by atoms with van der Waals surface area (Å²) in [6.45, 7) is 3.43. The van der Waals surface area contributed by atoms with E-state index in [2.05, 4.69) is 27.7 Å². The molecule has 0 saturated carbocycles. The topological polar surface area (TPSA) is 88.9 Å². The maximum absolute atomic E-state index is 12.9. The first kappa shape index (κ1) is 15.9. The number of aromatic nitrogens is 3. The van der Waals surface area contributed by atoms with E-state index in [0.29, 0.717) is 10.9 Å². The molecule has 24 heavy (non-hydrogen) atoms. The predicted molar refractivity (Wildman–Crippen MR) is 93.7 cm³/mol. The second-order valence-electron chi connectivity index (χ2n) is 5.66. The van der Waals surface area contributed by atoms with Gasteiger partial charge in [0.2, 0.25) is 11.9 Å². The van der Waals surface area contributed by atoms with E-state index in [1.54, 1.807) is 7.05 Å². The van der Waals surface area contributed by atoms with E-state index in [9.17, 15) is 9.59 Å². The normalized spacial score (nSPS) is 11.0. The van der Waals surface area contributed by atoms with Crippen molar-refractivity contribution in [2.24, 2.45) is 7.05 Å². The number of rotatable bonds is 4. The number of aryl methyl sites for hydroxylation is 1. The molecule has 7 heteroatoms. The summed E-state index contributed by atoms with van der Waals surface area (Å²) in [5.74, 6) is 0.00639. The van der Waals surface area contributed by atoms with Crippen LogP contribution >= 0.6 is 0 Å². The summed E-state index contributed by atoms with van der Waals surface area (Å²) >= 11 is 0. The van der Waals surface area contributed by atoms with Crippen molar-refractivity contribution in [2.45, 2.75) is 26.7 Å². The summed E-state index contributed by atoms with van der Waals surface area (Å²) in [4.78, 5) is 33.3. The first-order valence-corrected chi connectivity index (χ1v) is 7.84. The molecule has 7 nitrogen and oxygen atoms in total. The summed E-state index contributed by atoms with van der Waals surface area (Å²) < 4.78 is 1.39. The van der Waals surface area contributed by atoms with Crippen molar-refractivity contribution in [1.29, 1.82) is 0 Å². The number of amides is 1. The molecule has 0 fully saturated rings. The van der Waals surface area contributed by atoms with Crippen molar-refractivity contribution in [3.8, 4) is 0 Å². The number of nitrogens with zero attached hydrogens (tertiary/aromatic N) is 3. The zero-order valence-electron chi connectivity index (χ0n) is 13.9. The SMILES string of the molecule is CCCc1nc2ccccc2c2c(=O)n(C)c(NNC(C)=O)nc12. The molecule has 0 unspecified atom stereocenters. The van der Waals surface area contributed by atoms with Crippen molar-refractivity contribution >= 4 is 33.7 Å². The fourth-order valence-corrected chi connectivity index (χ4v) is 2.70. The van der Waals surface area contributed by atoms with Gasteiger partial charge in [0.05, 0.1) is 16.6 Å². The van der Waals surface area contributed by atoms with Crippen LogP contribution in [0.1, 0.15) is 26.0 Å². The molecule has 124 valence electrons. The molecule has 0 radical (unpaired) electrons. The molecule has 0 aliphatic carbocycles. The minimum Gasteiger partial charge on any atom is -0.280 e. The summed E-state index contributed by atoms with van der Waals surface area (Å²) in [7, 11) is 1.62. The van der Waals surface area contributed by atoms with Crippen LogP contribution in [-0.2, 0) is 18.3 Å². The van der Waals surface area contributed by atoms with Crippen LogP contribution in [0.4, 0.5) is 5.95 Å². The number of hydrazine groups is 1. The molecular weight excluding hydrogens is 306 g/mol. The summed E-state index contributed by atoms with van der Waals surface area (Å²) in [6.07, 6.45) is 1.62. The average molecular weight is 325 g/mol. The molecule has 0 aliphatic heterocycles. The van der Waals surface area contributed by atoms with E-state index in [4.69, 9.17) is 0 Å². The number of para-hydroxylation sites is 1. The van der Waals surface area contributed by atoms with Crippen LogP contribution in [0.25, 0.3) is 21.8 Å². The van der Waals surface area contributed by atoms with Crippen molar-refractivity contribution in [3.63, 3.8) is 0 Å². The van der Waals surface area contributed by atoms with Gasteiger partial charge in [0.1, 0.15) is 5.52 Å². The lowest BCUT2D eigenvalue weighted by atomic mass is 10.1. The van der Waals surface area contributed by atoms with Crippen LogP contribution < -0.4 is 16.4 Å². The van der Waals surface area contributed by atoms with Gasteiger partial charge in [-0.05, 0) is 12.5 Å². The predicted octanol–water partition coefficient (Wildman–Crippen LogP) is 1.90. The van der Waals surface area contributed by atoms with Crippen LogP contribution in [0, 0.1) is 0 Å². The molecule has 0 aliphatic rings. The van der Waals surface area contributed by atoms with E-state index >= 15 is 0 Å². The molecule has 3 aromatic rings. The Kier molecular flexibility index (Phi) is 4.16. The van der Waals surface area contributed by atoms with Gasteiger partial charge >= 0.3 is 0 Å². The molecule has 1 aromatic carbocycles. The first-order valence-electron chi connectivity index (χ1n) is 7.84. The fraction of sp³-hybridized carbons (Fsp3) is 0.294. The van der Waals surface area contributed by atoms with Crippen LogP contribution in [0.2, 0.25) is 0 Å². The highest BCUT2D eigenvalue weighted by atomic mass is 16.2. The van der Waals surface area contributed by atoms with Crippen LogP contribution in [0.5, 0.6) is 0 Å². The monoisotopic (exact) mass is 325 g/mol. The van der Waals surface area contributed by atoms with Gasteiger partial charge in [-0.25, -0.2) is 4.98 Å². The zero-order chi connectivity index (χ0) is 17.3. The van der Waals surface area contributed by atoms with Gasteiger partial charge in [-0.1, -0.05) is 31.5 Å². The second-order valence-corrected chi connectivity index (χ2v) is 5.66. The maximum atomic E-state index is 12.9. The Balaban J connectivity index is 2.36. The number of hydrogen-bond donors (Lipinski definition) is 2. The van der Waals surface area contributed by atoms with Gasteiger partial charge in [-0.15, -0.1) is 0 Å². The summed E-state index contributed by atoms with van der Waals surface area (Å²) in [6, 6.07) is 7.56. The molecule has 0 spiro atoms. The van der Waals surface area contributed by atoms with Crippen molar-refractivity contribution in [1.82, 2.24) is 20.0 Å². The third kappa shape index (κ3) is 2.68. The Morgan fingerprint density at radius 3 is 2.71 bits per heavy atom. The highest BCUT2D eigenvalue weighted by Gasteiger charge is 2.16. The maximum Gasteiger partial charge on any atom is 0.263 e. The molecule has 0 atom stereocenters. The zero-order valence-corrected chi connectivity index (χ0v) is 13.9. The number of carbonyl (C=O) groups is 1. The highest BCUT2D eigenvalue weighted by Crippen LogP contribution is 2.24. The molecule has 0 saturated heterocycles. The first-order chi connectivity index (χ1) is 11.5. The Hall–Kier alpha value is -2.96. The van der Waals surface area contributed by atoms with Crippen molar-refractivity contribution < 1.29 is 4.79 Å². The smallest absolute Gasteiger partial charge is 0.263 e. The van der Waals surface area contributed by atoms with E-state index < -0.39 is 0 Å². The Bertz CT molecular complexity index is 994. The van der Waals surface area contributed by atoms with Gasteiger partial charge in [-0.2, -0.15) is 0 Å². The van der Waals surface area contributed by atoms with E-state index in [0.717, 1.165) is 29.4 Å². The molecule has 2 N–H and O–H groups in total. The number of anilines is 1. The summed E-state index contributed by atoms with van der Waals surface area (Å²) in [5.41, 5.74) is 7.11. The van der Waals surface area contributed by atoms with Crippen LogP contribution in [-0.4, -0.2) is 20.4 Å². The Morgan fingerprint density at radius 2 is 2.00 bits per heavy atom. The minimum atomic E-state index is -0.269. The lowest BCUT2D eigenvalue weighted by Gasteiger charge is -2.14. The molecule has 2 aromatic heterocycles. The average Bonchev–Trinajstić information content (AvgIpc) is 2.56. The molecule has 0 bridgehead atoms. The number of fused-ring (bicyclic) bond motifs is 3. The lowest BCUT2D eigenvalue weighted by Crippen LogP contribution is -2.32. The molecular formula is C17H19N5O2. The van der Waals surface area contributed by atoms with Crippen molar-refractivity contribution in [3.05, 3.63) is 40.3 Å². The summed E-state index contributed by atoms with van der Waals surface area (Å²) in [5, 5.41) is 1.34. The number of pyridine rings is 1. The Morgan fingerprint density at radius 1 is 1.25 bits per heavy atom. The van der Waals surface area contributed by atoms with Crippen LogP contribution in [0.3, 0.4) is 0 Å². The van der Waals surface area contributed by atoms with E-state index in [1.807, 2.05) is 24.3 Å². The van der Waals surface area contributed by atoms with Crippen molar-refractivity contribution in [2.75, 3.05) is 5.43 Å². The third-order valence-corrected chi connectivity index (χ3v) is 3.83. The largest absolute Gasteiger partial charge is 0.280 e. The number of benzene rings is 1. The van der Waals surface area contributed by atoms with Gasteiger partial charge in [0, 0.05) is 19.4 Å². The van der Waals surface area contributed by atoms with E-state index in [1.165, 1.54) is 11.5 Å². The fourth-order valence-electron chi connectivity index (χ4n) is 2.70. The quantitative estimate of drug-likeness (QED) is 0.565. The van der Waals surface area contributed by atoms with E-state index in [-0.39, 0.29) is 17.4 Å². The molecule has 3 rings (SSSR count). The molecule has 1 amide bonds. The lowest BCUT2D eigenvalue weighted by molar-refractivity contribution is -0.118. The Labute approximate surface area is 138 Å². The minimum absolute atomic E-state index is 0.177. The standard InChI is InChI=1S/C17H19N5O2/c1-4-7-13-15-14(11-8-5-6-9-12(11)18-13)16(24)22(3)17(19-15)21-20-10(2)23/h5-6,8-9H,4,7H2,1-3H3,(H,19,21)(H,20,23). The number of carbonyl (C=O) groups excluding carboxylic acids is 1. The third-order valence-electron chi connectivity index (χ3n) is 3.83. The van der Waals surface area contributed by atoms with Gasteiger partial charge in [-0.3, -0.25) is 30.0 Å². The van der Waals surface area contributed by atoms with Gasteiger partial charge in [0.25, 0.3) is 5.56 Å². The van der Waals surface area contributed by atoms with Gasteiger partial charge in [0.15, 0.2) is 0 Å². The van der Waals surface area contributed by atoms with Crippen LogP contribution in [0.15, 0.2) is 29.1 Å². The second kappa shape index (κ2) is 6.27. The van der Waals surface area contributed by atoms with Gasteiger partial charge < -0.3 is 0 Å². The number of nitrogens with one attached hydrogen (secondary N) is 2. The highest BCUT2D eigenvalue weighted by molar-refractivity contribution is 6.04. The molecule has 2 heterocycles. The number of hydrogen-bond acceptors (Lipinski definition) is 5.